The minimum atomic E-state index is -0.252. The Morgan fingerprint density at radius 1 is 1.24 bits per heavy atom. The number of aryl methyl sites for hydroxylation is 1. The molecule has 2 nitrogen and oxygen atoms in total. The molecule has 0 unspecified atom stereocenters. The number of nitrogens with two attached hydrogens (primary N) is 1. The average molecular weight is 342 g/mol. The van der Waals surface area contributed by atoms with Crippen molar-refractivity contribution in [3.8, 4) is 0 Å². The van der Waals surface area contributed by atoms with Crippen LogP contribution in [0.25, 0.3) is 0 Å². The second-order valence-electron chi connectivity index (χ2n) is 3.80. The van der Waals surface area contributed by atoms with Crippen molar-refractivity contribution >= 4 is 39.7 Å². The number of nitrogen functional groups attached to an aromatic ring is 1. The number of benzene rings is 2. The molecule has 0 atom stereocenters. The SMILES string of the molecule is Cc1cccc(F)c1Nc1ccc(N)cc1I. The second-order valence-corrected chi connectivity index (χ2v) is 4.96. The lowest BCUT2D eigenvalue weighted by atomic mass is 10.2. The lowest BCUT2D eigenvalue weighted by Crippen LogP contribution is -1.99. The van der Waals surface area contributed by atoms with E-state index in [1.165, 1.54) is 6.07 Å². The van der Waals surface area contributed by atoms with Crippen molar-refractivity contribution in [3.63, 3.8) is 0 Å². The van der Waals surface area contributed by atoms with E-state index in [-0.39, 0.29) is 5.82 Å². The summed E-state index contributed by atoms with van der Waals surface area (Å²) >= 11 is 2.17. The fourth-order valence-electron chi connectivity index (χ4n) is 1.56. The van der Waals surface area contributed by atoms with E-state index in [0.717, 1.165) is 14.8 Å². The highest BCUT2D eigenvalue weighted by atomic mass is 127. The maximum Gasteiger partial charge on any atom is 0.146 e. The highest BCUT2D eigenvalue weighted by Gasteiger charge is 2.07. The van der Waals surface area contributed by atoms with Gasteiger partial charge in [0.2, 0.25) is 0 Å². The molecule has 17 heavy (non-hydrogen) atoms. The molecule has 2 aromatic carbocycles. The molecule has 0 amide bonds. The molecule has 0 radical (unpaired) electrons. The number of rotatable bonds is 2. The minimum absolute atomic E-state index is 0.252. The summed E-state index contributed by atoms with van der Waals surface area (Å²) in [5.41, 5.74) is 8.61. The van der Waals surface area contributed by atoms with Crippen molar-refractivity contribution in [2.45, 2.75) is 6.92 Å². The maximum atomic E-state index is 13.7. The Balaban J connectivity index is 2.38. The molecule has 0 aromatic heterocycles. The van der Waals surface area contributed by atoms with Crippen molar-refractivity contribution in [1.29, 1.82) is 0 Å². The van der Waals surface area contributed by atoms with Crippen LogP contribution in [0.15, 0.2) is 36.4 Å². The molecule has 0 aliphatic heterocycles. The van der Waals surface area contributed by atoms with Gasteiger partial charge >= 0.3 is 0 Å². The summed E-state index contributed by atoms with van der Waals surface area (Å²) in [6.45, 7) is 1.87. The van der Waals surface area contributed by atoms with Gasteiger partial charge in [0.15, 0.2) is 0 Å². The molecule has 0 spiro atoms. The van der Waals surface area contributed by atoms with Crippen LogP contribution in [0.2, 0.25) is 0 Å². The zero-order chi connectivity index (χ0) is 12.4. The Morgan fingerprint density at radius 3 is 2.65 bits per heavy atom. The Bertz CT molecular complexity index is 535. The van der Waals surface area contributed by atoms with Gasteiger partial charge < -0.3 is 11.1 Å². The van der Waals surface area contributed by atoms with Crippen LogP contribution in [0, 0.1) is 16.3 Å². The number of hydrogen-bond acceptors (Lipinski definition) is 2. The number of anilines is 3. The molecule has 3 N–H and O–H groups in total. The molecule has 4 heteroatoms. The molecule has 0 aliphatic rings. The van der Waals surface area contributed by atoms with Gasteiger partial charge in [-0.05, 0) is 59.3 Å². The van der Waals surface area contributed by atoms with Gasteiger partial charge in [-0.3, -0.25) is 0 Å². The predicted molar refractivity (Wildman–Crippen MR) is 78.0 cm³/mol. The highest BCUT2D eigenvalue weighted by molar-refractivity contribution is 14.1. The zero-order valence-corrected chi connectivity index (χ0v) is 11.5. The summed E-state index contributed by atoms with van der Waals surface area (Å²) < 4.78 is 14.6. The first-order valence-corrected chi connectivity index (χ1v) is 6.23. The third-order valence-corrected chi connectivity index (χ3v) is 3.37. The number of hydrogen-bond donors (Lipinski definition) is 2. The minimum Gasteiger partial charge on any atom is -0.399 e. The molecule has 2 rings (SSSR count). The van der Waals surface area contributed by atoms with Gasteiger partial charge in [-0.25, -0.2) is 4.39 Å². The van der Waals surface area contributed by atoms with Crippen molar-refractivity contribution < 1.29 is 4.39 Å². The van der Waals surface area contributed by atoms with E-state index in [9.17, 15) is 4.39 Å². The van der Waals surface area contributed by atoms with Crippen LogP contribution in [0.3, 0.4) is 0 Å². The normalized spacial score (nSPS) is 10.3. The third kappa shape index (κ3) is 2.69. The number of halogens is 2. The van der Waals surface area contributed by atoms with Gasteiger partial charge in [-0.15, -0.1) is 0 Å². The van der Waals surface area contributed by atoms with Crippen molar-refractivity contribution in [2.24, 2.45) is 0 Å². The first-order valence-electron chi connectivity index (χ1n) is 5.15. The van der Waals surface area contributed by atoms with Crippen LogP contribution in [-0.2, 0) is 0 Å². The molecular weight excluding hydrogens is 330 g/mol. The molecule has 0 saturated heterocycles. The van der Waals surface area contributed by atoms with Crippen LogP contribution in [-0.4, -0.2) is 0 Å². The fraction of sp³-hybridized carbons (Fsp3) is 0.0769. The molecule has 88 valence electrons. The lowest BCUT2D eigenvalue weighted by molar-refractivity contribution is 0.631. The number of nitrogens with one attached hydrogen (secondary N) is 1. The summed E-state index contributed by atoms with van der Waals surface area (Å²) in [4.78, 5) is 0. The van der Waals surface area contributed by atoms with E-state index in [0.29, 0.717) is 11.4 Å². The summed E-state index contributed by atoms with van der Waals surface area (Å²) in [6, 6.07) is 10.5. The van der Waals surface area contributed by atoms with Gasteiger partial charge in [-0.1, -0.05) is 12.1 Å². The Morgan fingerprint density at radius 2 is 2.00 bits per heavy atom. The lowest BCUT2D eigenvalue weighted by Gasteiger charge is -2.12. The molecule has 0 saturated carbocycles. The van der Waals surface area contributed by atoms with Crippen molar-refractivity contribution in [3.05, 3.63) is 51.3 Å². The van der Waals surface area contributed by atoms with E-state index in [4.69, 9.17) is 5.73 Å². The topological polar surface area (TPSA) is 38.0 Å². The van der Waals surface area contributed by atoms with Gasteiger partial charge in [0.05, 0.1) is 11.4 Å². The Hall–Kier alpha value is -1.30. The van der Waals surface area contributed by atoms with Crippen LogP contribution in [0.1, 0.15) is 5.56 Å². The standard InChI is InChI=1S/C13H12FIN2/c1-8-3-2-4-10(14)13(8)17-12-6-5-9(16)7-11(12)15/h2-7,17H,16H2,1H3. The molecule has 0 fully saturated rings. The predicted octanol–water partition coefficient (Wildman–Crippen LogP) is 4.06. The summed E-state index contributed by atoms with van der Waals surface area (Å²) in [7, 11) is 0. The van der Waals surface area contributed by atoms with E-state index >= 15 is 0 Å². The van der Waals surface area contributed by atoms with E-state index < -0.39 is 0 Å². The maximum absolute atomic E-state index is 13.7. The van der Waals surface area contributed by atoms with Crippen LogP contribution >= 0.6 is 22.6 Å². The quantitative estimate of drug-likeness (QED) is 0.638. The van der Waals surface area contributed by atoms with Gasteiger partial charge in [-0.2, -0.15) is 0 Å². The summed E-state index contributed by atoms with van der Waals surface area (Å²) in [6.07, 6.45) is 0. The Kier molecular flexibility index (Phi) is 3.51. The average Bonchev–Trinajstić information content (AvgIpc) is 2.26. The second kappa shape index (κ2) is 4.91. The molecule has 0 bridgehead atoms. The van der Waals surface area contributed by atoms with Crippen molar-refractivity contribution in [1.82, 2.24) is 0 Å². The smallest absolute Gasteiger partial charge is 0.146 e. The number of para-hydroxylation sites is 1. The molecule has 0 heterocycles. The van der Waals surface area contributed by atoms with E-state index in [1.54, 1.807) is 12.1 Å². The van der Waals surface area contributed by atoms with Crippen LogP contribution < -0.4 is 11.1 Å². The fourth-order valence-corrected chi connectivity index (χ4v) is 2.23. The first-order chi connectivity index (χ1) is 8.08. The molecular formula is C13H12FIN2. The first kappa shape index (κ1) is 12.2. The summed E-state index contributed by atoms with van der Waals surface area (Å²) in [5.74, 6) is -0.252. The van der Waals surface area contributed by atoms with Crippen LogP contribution in [0.5, 0.6) is 0 Å². The van der Waals surface area contributed by atoms with Crippen LogP contribution in [0.4, 0.5) is 21.5 Å². The van der Waals surface area contributed by atoms with E-state index in [1.807, 2.05) is 25.1 Å². The largest absolute Gasteiger partial charge is 0.399 e. The van der Waals surface area contributed by atoms with Gasteiger partial charge in [0.25, 0.3) is 0 Å². The van der Waals surface area contributed by atoms with Crippen molar-refractivity contribution in [2.75, 3.05) is 11.1 Å². The van der Waals surface area contributed by atoms with E-state index in [2.05, 4.69) is 27.9 Å². The zero-order valence-electron chi connectivity index (χ0n) is 9.30. The summed E-state index contributed by atoms with van der Waals surface area (Å²) in [5, 5.41) is 3.10. The third-order valence-electron chi connectivity index (χ3n) is 2.47. The monoisotopic (exact) mass is 342 g/mol. The molecule has 0 aliphatic carbocycles. The van der Waals surface area contributed by atoms with Gasteiger partial charge in [0.1, 0.15) is 5.82 Å². The molecule has 2 aromatic rings. The highest BCUT2D eigenvalue weighted by Crippen LogP contribution is 2.27. The Labute approximate surface area is 113 Å². The van der Waals surface area contributed by atoms with Gasteiger partial charge in [0, 0.05) is 9.26 Å².